The molecule has 2 atom stereocenters. The Kier molecular flexibility index (Phi) is 5.41. The van der Waals surface area contributed by atoms with E-state index in [0.717, 1.165) is 31.1 Å². The summed E-state index contributed by atoms with van der Waals surface area (Å²) in [6, 6.07) is 0.961. The fourth-order valence-corrected chi connectivity index (χ4v) is 3.72. The third-order valence-electron chi connectivity index (χ3n) is 3.91. The number of rotatable bonds is 6. The molecule has 1 saturated heterocycles. The van der Waals surface area contributed by atoms with Crippen LogP contribution in [0.3, 0.4) is 0 Å². The highest BCUT2D eigenvalue weighted by Crippen LogP contribution is 2.30. The number of hydrogen-bond acceptors (Lipinski definition) is 5. The largest absolute Gasteiger partial charge is 0.376 e. The molecule has 0 aliphatic carbocycles. The monoisotopic (exact) mass is 297 g/mol. The predicted octanol–water partition coefficient (Wildman–Crippen LogP) is 2.82. The molecule has 0 aromatic carbocycles. The molecule has 1 aromatic rings. The second-order valence-corrected chi connectivity index (χ2v) is 6.86. The number of aryl methyl sites for hydroxylation is 1. The van der Waals surface area contributed by atoms with Crippen LogP contribution in [0.1, 0.15) is 44.7 Å². The highest BCUT2D eigenvalue weighted by molar-refractivity contribution is 7.15. The summed E-state index contributed by atoms with van der Waals surface area (Å²) in [5.74, 6) is 0. The molecule has 1 aromatic heterocycles. The molecule has 2 heterocycles. The Labute approximate surface area is 126 Å². The zero-order valence-corrected chi connectivity index (χ0v) is 14.1. The van der Waals surface area contributed by atoms with Gasteiger partial charge in [-0.25, -0.2) is 4.98 Å². The van der Waals surface area contributed by atoms with Gasteiger partial charge in [0.05, 0.1) is 17.8 Å². The van der Waals surface area contributed by atoms with Crippen molar-refractivity contribution in [3.63, 3.8) is 0 Å². The topological polar surface area (TPSA) is 37.4 Å². The first-order valence-corrected chi connectivity index (χ1v) is 8.41. The second kappa shape index (κ2) is 6.87. The van der Waals surface area contributed by atoms with E-state index in [9.17, 15) is 0 Å². The molecule has 2 unspecified atom stereocenters. The summed E-state index contributed by atoms with van der Waals surface area (Å²) in [5, 5.41) is 4.62. The summed E-state index contributed by atoms with van der Waals surface area (Å²) < 4.78 is 5.67. The van der Waals surface area contributed by atoms with Gasteiger partial charge in [-0.2, -0.15) is 0 Å². The Morgan fingerprint density at radius 3 is 2.80 bits per heavy atom. The Morgan fingerprint density at radius 1 is 1.50 bits per heavy atom. The molecule has 0 saturated carbocycles. The summed E-state index contributed by atoms with van der Waals surface area (Å²) in [5.41, 5.74) is 1.23. The van der Waals surface area contributed by atoms with Crippen molar-refractivity contribution in [2.24, 2.45) is 0 Å². The smallest absolute Gasteiger partial charge is 0.185 e. The van der Waals surface area contributed by atoms with Gasteiger partial charge < -0.3 is 15.0 Å². The van der Waals surface area contributed by atoms with E-state index < -0.39 is 0 Å². The van der Waals surface area contributed by atoms with Crippen molar-refractivity contribution in [2.75, 3.05) is 18.6 Å². The van der Waals surface area contributed by atoms with Gasteiger partial charge in [0.15, 0.2) is 5.13 Å². The molecule has 0 spiro atoms. The quantitative estimate of drug-likeness (QED) is 0.876. The molecule has 1 aliphatic heterocycles. The van der Waals surface area contributed by atoms with Crippen molar-refractivity contribution in [1.82, 2.24) is 10.3 Å². The van der Waals surface area contributed by atoms with Gasteiger partial charge in [0.1, 0.15) is 0 Å². The molecule has 1 N–H and O–H groups in total. The van der Waals surface area contributed by atoms with E-state index in [-0.39, 0.29) is 0 Å². The third kappa shape index (κ3) is 3.51. The van der Waals surface area contributed by atoms with Crippen LogP contribution < -0.4 is 10.2 Å². The van der Waals surface area contributed by atoms with Crippen LogP contribution in [0.5, 0.6) is 0 Å². The number of nitrogens with zero attached hydrogens (tertiary/aromatic N) is 2. The van der Waals surface area contributed by atoms with E-state index in [0.29, 0.717) is 18.2 Å². The van der Waals surface area contributed by atoms with Crippen molar-refractivity contribution < 1.29 is 4.74 Å². The zero-order chi connectivity index (χ0) is 14.7. The first-order valence-electron chi connectivity index (χ1n) is 7.59. The van der Waals surface area contributed by atoms with E-state index in [1.807, 2.05) is 11.3 Å². The van der Waals surface area contributed by atoms with Gasteiger partial charge in [-0.1, -0.05) is 20.8 Å². The molecule has 114 valence electrons. The van der Waals surface area contributed by atoms with Gasteiger partial charge in [0.2, 0.25) is 0 Å². The number of anilines is 1. The molecule has 1 fully saturated rings. The third-order valence-corrected chi connectivity index (χ3v) is 5.10. The van der Waals surface area contributed by atoms with Crippen LogP contribution in [0.25, 0.3) is 0 Å². The predicted molar refractivity (Wildman–Crippen MR) is 85.7 cm³/mol. The maximum Gasteiger partial charge on any atom is 0.185 e. The van der Waals surface area contributed by atoms with Gasteiger partial charge >= 0.3 is 0 Å². The van der Waals surface area contributed by atoms with E-state index in [2.05, 4.69) is 45.0 Å². The summed E-state index contributed by atoms with van der Waals surface area (Å²) in [4.78, 5) is 8.51. The van der Waals surface area contributed by atoms with Crippen molar-refractivity contribution in [3.05, 3.63) is 10.6 Å². The van der Waals surface area contributed by atoms with Crippen LogP contribution in [0.4, 0.5) is 5.13 Å². The molecule has 4 nitrogen and oxygen atoms in total. The standard InChI is InChI=1S/C15H27N3OS/c1-6-12-14(9-16-10(2)3)20-15(17-12)18(5)13-7-8-19-11(13)4/h10-11,13,16H,6-9H2,1-5H3. The number of ether oxygens (including phenoxy) is 1. The molecular formula is C15H27N3OS. The van der Waals surface area contributed by atoms with Crippen molar-refractivity contribution >= 4 is 16.5 Å². The molecule has 0 amide bonds. The van der Waals surface area contributed by atoms with E-state index in [1.54, 1.807) is 0 Å². The SMILES string of the molecule is CCc1nc(N(C)C2CCOC2C)sc1CNC(C)C. The molecule has 0 bridgehead atoms. The molecule has 0 radical (unpaired) electrons. The van der Waals surface area contributed by atoms with Crippen molar-refractivity contribution in [2.45, 2.75) is 65.3 Å². The molecule has 2 rings (SSSR count). The summed E-state index contributed by atoms with van der Waals surface area (Å²) in [6.45, 7) is 10.5. The van der Waals surface area contributed by atoms with Gasteiger partial charge in [-0.05, 0) is 19.8 Å². The lowest BCUT2D eigenvalue weighted by Crippen LogP contribution is -2.36. The second-order valence-electron chi connectivity index (χ2n) is 5.80. The average Bonchev–Trinajstić information content (AvgIpc) is 3.01. The summed E-state index contributed by atoms with van der Waals surface area (Å²) >= 11 is 1.82. The molecule has 1 aliphatic rings. The summed E-state index contributed by atoms with van der Waals surface area (Å²) in [6.07, 6.45) is 2.39. The lowest BCUT2D eigenvalue weighted by atomic mass is 10.1. The summed E-state index contributed by atoms with van der Waals surface area (Å²) in [7, 11) is 2.15. The zero-order valence-electron chi connectivity index (χ0n) is 13.3. The normalized spacial score (nSPS) is 22.7. The minimum absolute atomic E-state index is 0.297. The van der Waals surface area contributed by atoms with Gasteiger partial charge in [-0.3, -0.25) is 0 Å². The molecule has 5 heteroatoms. The average molecular weight is 297 g/mol. The van der Waals surface area contributed by atoms with Crippen LogP contribution in [0, 0.1) is 0 Å². The van der Waals surface area contributed by atoms with Gasteiger partial charge in [-0.15, -0.1) is 11.3 Å². The lowest BCUT2D eigenvalue weighted by Gasteiger charge is -2.26. The minimum atomic E-state index is 0.297. The Hall–Kier alpha value is -0.650. The first kappa shape index (κ1) is 15.7. The fourth-order valence-electron chi connectivity index (χ4n) is 2.60. The minimum Gasteiger partial charge on any atom is -0.376 e. The number of aromatic nitrogens is 1. The Bertz CT molecular complexity index is 433. The van der Waals surface area contributed by atoms with E-state index in [1.165, 1.54) is 10.6 Å². The van der Waals surface area contributed by atoms with Crippen LogP contribution in [0.2, 0.25) is 0 Å². The van der Waals surface area contributed by atoms with E-state index in [4.69, 9.17) is 9.72 Å². The van der Waals surface area contributed by atoms with Crippen LogP contribution in [-0.2, 0) is 17.7 Å². The number of hydrogen-bond donors (Lipinski definition) is 1. The van der Waals surface area contributed by atoms with Crippen LogP contribution >= 0.6 is 11.3 Å². The maximum atomic E-state index is 5.67. The lowest BCUT2D eigenvalue weighted by molar-refractivity contribution is 0.118. The maximum absolute atomic E-state index is 5.67. The number of likely N-dealkylation sites (N-methyl/N-ethyl adjacent to an activating group) is 1. The highest BCUT2D eigenvalue weighted by Gasteiger charge is 2.29. The van der Waals surface area contributed by atoms with Crippen molar-refractivity contribution in [1.29, 1.82) is 0 Å². The van der Waals surface area contributed by atoms with Crippen molar-refractivity contribution in [3.8, 4) is 0 Å². The highest BCUT2D eigenvalue weighted by atomic mass is 32.1. The van der Waals surface area contributed by atoms with E-state index >= 15 is 0 Å². The Morgan fingerprint density at radius 2 is 2.25 bits per heavy atom. The van der Waals surface area contributed by atoms with Gasteiger partial charge in [0.25, 0.3) is 0 Å². The van der Waals surface area contributed by atoms with Crippen LogP contribution in [0.15, 0.2) is 0 Å². The number of nitrogens with one attached hydrogen (secondary N) is 1. The Balaban J connectivity index is 2.11. The fraction of sp³-hybridized carbons (Fsp3) is 0.800. The van der Waals surface area contributed by atoms with Gasteiger partial charge in [0, 0.05) is 31.1 Å². The number of thiazole rings is 1. The first-order chi connectivity index (χ1) is 9.52. The van der Waals surface area contributed by atoms with Crippen LogP contribution in [-0.4, -0.2) is 36.8 Å². The molecule has 20 heavy (non-hydrogen) atoms. The molecular weight excluding hydrogens is 270 g/mol.